The van der Waals surface area contributed by atoms with Crippen molar-refractivity contribution in [2.45, 2.75) is 6.42 Å². The van der Waals surface area contributed by atoms with Crippen LogP contribution in [-0.2, 0) is 0 Å². The minimum atomic E-state index is 0.822. The van der Waals surface area contributed by atoms with Gasteiger partial charge in [-0.3, -0.25) is 4.90 Å². The van der Waals surface area contributed by atoms with Crippen LogP contribution in [0, 0.1) is 0 Å². The largest absolute Gasteiger partial charge is 0.454 e. The summed E-state index contributed by atoms with van der Waals surface area (Å²) < 4.78 is 6.54. The minimum absolute atomic E-state index is 0.822. The van der Waals surface area contributed by atoms with Crippen molar-refractivity contribution < 1.29 is 4.42 Å². The predicted molar refractivity (Wildman–Crippen MR) is 247 cm³/mol. The van der Waals surface area contributed by atoms with Gasteiger partial charge in [-0.25, -0.2) is 4.98 Å². The number of nitrogens with zero attached hydrogens (tertiary/aromatic N) is 2. The molecule has 0 atom stereocenters. The molecule has 59 heavy (non-hydrogen) atoms. The molecule has 0 spiro atoms. The summed E-state index contributed by atoms with van der Waals surface area (Å²) in [4.78, 5) is 7.02. The molecule has 0 aliphatic heterocycles. The van der Waals surface area contributed by atoms with Crippen LogP contribution in [0.5, 0.6) is 0 Å². The molecule has 2 aliphatic rings. The highest BCUT2D eigenvalue weighted by atomic mass is 16.3. The highest BCUT2D eigenvalue weighted by Crippen LogP contribution is 2.58. The fourth-order valence-electron chi connectivity index (χ4n) is 9.58. The molecule has 0 unspecified atom stereocenters. The number of para-hydroxylation sites is 2. The van der Waals surface area contributed by atoms with Gasteiger partial charge in [-0.1, -0.05) is 164 Å². The first-order valence-electron chi connectivity index (χ1n) is 20.3. The summed E-state index contributed by atoms with van der Waals surface area (Å²) in [5, 5.41) is 7.28. The first-order valence-corrected chi connectivity index (χ1v) is 20.3. The molecule has 2 aliphatic carbocycles. The van der Waals surface area contributed by atoms with Crippen LogP contribution >= 0.6 is 0 Å². The van der Waals surface area contributed by atoms with Crippen LogP contribution in [0.2, 0.25) is 0 Å². The van der Waals surface area contributed by atoms with E-state index in [2.05, 4.69) is 181 Å². The van der Waals surface area contributed by atoms with Gasteiger partial charge in [0.1, 0.15) is 11.4 Å². The first-order chi connectivity index (χ1) is 29.3. The number of furan rings is 1. The van der Waals surface area contributed by atoms with E-state index in [1.807, 2.05) is 30.5 Å². The van der Waals surface area contributed by atoms with Crippen molar-refractivity contribution in [2.75, 3.05) is 4.90 Å². The monoisotopic (exact) mass is 752 g/mol. The Labute approximate surface area is 342 Å². The summed E-state index contributed by atoms with van der Waals surface area (Å²) in [5.74, 6) is 0.822. The summed E-state index contributed by atoms with van der Waals surface area (Å²) in [6, 6.07) is 61.0. The Morgan fingerprint density at radius 2 is 1.17 bits per heavy atom. The molecule has 2 heterocycles. The zero-order valence-electron chi connectivity index (χ0n) is 32.1. The van der Waals surface area contributed by atoms with Crippen LogP contribution < -0.4 is 4.90 Å². The Bertz CT molecular complexity index is 3390. The van der Waals surface area contributed by atoms with Gasteiger partial charge in [0.2, 0.25) is 0 Å². The van der Waals surface area contributed by atoms with E-state index in [-0.39, 0.29) is 0 Å². The Morgan fingerprint density at radius 3 is 2.02 bits per heavy atom. The molecule has 0 bridgehead atoms. The van der Waals surface area contributed by atoms with E-state index < -0.39 is 0 Å². The molecule has 3 heteroatoms. The lowest BCUT2D eigenvalue weighted by Crippen LogP contribution is -2.11. The highest BCUT2D eigenvalue weighted by Gasteiger charge is 2.31. The van der Waals surface area contributed by atoms with Crippen molar-refractivity contribution in [2.24, 2.45) is 0 Å². The lowest BCUT2D eigenvalue weighted by atomic mass is 9.82. The van der Waals surface area contributed by atoms with Crippen molar-refractivity contribution in [3.05, 3.63) is 212 Å². The second-order valence-electron chi connectivity index (χ2n) is 15.3. The van der Waals surface area contributed by atoms with Gasteiger partial charge in [0.05, 0.1) is 5.69 Å². The normalized spacial score (nSPS) is 13.0. The van der Waals surface area contributed by atoms with Crippen LogP contribution in [0.15, 0.2) is 211 Å². The van der Waals surface area contributed by atoms with Gasteiger partial charge in [0, 0.05) is 22.7 Å². The molecular formula is C56H36N2O. The average Bonchev–Trinajstić information content (AvgIpc) is 3.71. The maximum atomic E-state index is 6.54. The molecule has 0 N–H and O–H groups in total. The number of hydrogen-bond donors (Lipinski definition) is 0. The summed E-state index contributed by atoms with van der Waals surface area (Å²) in [6.45, 7) is 0. The Kier molecular flexibility index (Phi) is 7.60. The molecule has 0 fully saturated rings. The number of aromatic nitrogens is 1. The Morgan fingerprint density at radius 1 is 0.475 bits per heavy atom. The Balaban J connectivity index is 1.05. The lowest BCUT2D eigenvalue weighted by molar-refractivity contribution is 0.669. The third-order valence-electron chi connectivity index (χ3n) is 12.1. The first kappa shape index (κ1) is 33.4. The van der Waals surface area contributed by atoms with Gasteiger partial charge in [-0.2, -0.15) is 0 Å². The Hall–Kier alpha value is -7.75. The average molecular weight is 753 g/mol. The highest BCUT2D eigenvalue weighted by molar-refractivity contribution is 6.27. The van der Waals surface area contributed by atoms with Crippen LogP contribution in [0.4, 0.5) is 17.2 Å². The topological polar surface area (TPSA) is 29.3 Å². The zero-order chi connectivity index (χ0) is 38.9. The molecule has 12 rings (SSSR count). The van der Waals surface area contributed by atoms with E-state index in [0.717, 1.165) is 51.1 Å². The summed E-state index contributed by atoms with van der Waals surface area (Å²) in [5.41, 5.74) is 16.3. The molecule has 3 nitrogen and oxygen atoms in total. The van der Waals surface area contributed by atoms with Crippen LogP contribution in [0.25, 0.3) is 93.6 Å². The van der Waals surface area contributed by atoms with Gasteiger partial charge < -0.3 is 4.42 Å². The van der Waals surface area contributed by atoms with Crippen LogP contribution in [-0.4, -0.2) is 4.98 Å². The quantitative estimate of drug-likeness (QED) is 0.169. The third kappa shape index (κ3) is 5.18. The molecular weight excluding hydrogens is 717 g/mol. The second kappa shape index (κ2) is 13.4. The number of pyridine rings is 1. The molecule has 2 aromatic heterocycles. The SMILES string of the molecule is C1=CCC=CC(c2c3c(c(-c4ccccc4)c4ccccc24)-c2cccc4c(-c5ccc(N(c6ccccn6)c6cccc7c6oc6ccccc67)cc5)ccc-3c24)=C1. The summed E-state index contributed by atoms with van der Waals surface area (Å²) in [6.07, 6.45) is 14.1. The van der Waals surface area contributed by atoms with E-state index in [1.54, 1.807) is 0 Å². The van der Waals surface area contributed by atoms with Crippen molar-refractivity contribution in [3.63, 3.8) is 0 Å². The van der Waals surface area contributed by atoms with E-state index in [9.17, 15) is 0 Å². The third-order valence-corrected chi connectivity index (χ3v) is 12.1. The molecule has 8 aromatic carbocycles. The van der Waals surface area contributed by atoms with Crippen molar-refractivity contribution in [3.8, 4) is 44.5 Å². The molecule has 0 radical (unpaired) electrons. The number of anilines is 3. The van der Waals surface area contributed by atoms with Crippen molar-refractivity contribution >= 4 is 66.2 Å². The molecule has 0 amide bonds. The van der Waals surface area contributed by atoms with E-state index in [4.69, 9.17) is 9.40 Å². The van der Waals surface area contributed by atoms with E-state index in [1.165, 1.54) is 71.6 Å². The van der Waals surface area contributed by atoms with Crippen LogP contribution in [0.1, 0.15) is 12.0 Å². The maximum Gasteiger partial charge on any atom is 0.159 e. The number of benzene rings is 8. The molecule has 0 saturated heterocycles. The van der Waals surface area contributed by atoms with Gasteiger partial charge in [-0.15, -0.1) is 0 Å². The minimum Gasteiger partial charge on any atom is -0.454 e. The van der Waals surface area contributed by atoms with Gasteiger partial charge >= 0.3 is 0 Å². The van der Waals surface area contributed by atoms with Crippen molar-refractivity contribution in [1.29, 1.82) is 0 Å². The van der Waals surface area contributed by atoms with Crippen molar-refractivity contribution in [1.82, 2.24) is 4.98 Å². The fraction of sp³-hybridized carbons (Fsp3) is 0.0179. The summed E-state index contributed by atoms with van der Waals surface area (Å²) in [7, 11) is 0. The number of allylic oxidation sites excluding steroid dienone is 6. The standard InChI is InChI=1S/C56H36N2O/c1-2-5-17-37(16-4-1)52-44-22-9-8-21-43(44)51(38-18-6-3-7-19-38)54-46-25-14-23-42-40(33-34-47(53(42)46)55(52)54)36-29-31-39(32-30-36)58(50-28-12-13-35-57-50)48-26-15-24-45-41-20-10-11-27-49(41)59-56(45)48/h1,3-35H,2H2. The smallest absolute Gasteiger partial charge is 0.159 e. The molecule has 276 valence electrons. The fourth-order valence-corrected chi connectivity index (χ4v) is 9.58. The number of fused-ring (bicyclic) bond motifs is 7. The predicted octanol–water partition coefficient (Wildman–Crippen LogP) is 15.6. The molecule has 0 saturated carbocycles. The summed E-state index contributed by atoms with van der Waals surface area (Å²) >= 11 is 0. The van der Waals surface area contributed by atoms with Crippen LogP contribution in [0.3, 0.4) is 0 Å². The number of rotatable bonds is 6. The van der Waals surface area contributed by atoms with Gasteiger partial charge in [0.15, 0.2) is 5.58 Å². The maximum absolute atomic E-state index is 6.54. The molecule has 10 aromatic rings. The van der Waals surface area contributed by atoms with Gasteiger partial charge in [0.25, 0.3) is 0 Å². The van der Waals surface area contributed by atoms with E-state index >= 15 is 0 Å². The van der Waals surface area contributed by atoms with Gasteiger partial charge in [-0.05, 0) is 120 Å². The van der Waals surface area contributed by atoms with E-state index in [0.29, 0.717) is 0 Å². The second-order valence-corrected chi connectivity index (χ2v) is 15.3. The lowest BCUT2D eigenvalue weighted by Gasteiger charge is -2.24. The zero-order valence-corrected chi connectivity index (χ0v) is 32.1. The number of hydrogen-bond acceptors (Lipinski definition) is 3.